The van der Waals surface area contributed by atoms with Crippen LogP contribution in [0.5, 0.6) is 0 Å². The molecule has 0 amide bonds. The lowest BCUT2D eigenvalue weighted by molar-refractivity contribution is -0.00365. The number of hydroxylamine groups is 2. The highest BCUT2D eigenvalue weighted by Gasteiger charge is 2.32. The van der Waals surface area contributed by atoms with Gasteiger partial charge in [0.1, 0.15) is 17.4 Å². The first-order chi connectivity index (χ1) is 12.6. The molecule has 1 unspecified atom stereocenters. The molecule has 3 rings (SSSR count). The van der Waals surface area contributed by atoms with E-state index >= 15 is 0 Å². The number of hydrogen-bond acceptors (Lipinski definition) is 7. The third-order valence-corrected chi connectivity index (χ3v) is 4.66. The molecular formula is C19H23N5O2. The maximum absolute atomic E-state index is 9.64. The van der Waals surface area contributed by atoms with E-state index in [2.05, 4.69) is 16.5 Å². The van der Waals surface area contributed by atoms with Crippen molar-refractivity contribution in [1.29, 1.82) is 5.26 Å². The summed E-state index contributed by atoms with van der Waals surface area (Å²) < 4.78 is 5.59. The molecule has 1 aromatic carbocycles. The average molecular weight is 353 g/mol. The smallest absolute Gasteiger partial charge is 0.205 e. The molecule has 2 heterocycles. The van der Waals surface area contributed by atoms with Crippen molar-refractivity contribution in [3.63, 3.8) is 0 Å². The summed E-state index contributed by atoms with van der Waals surface area (Å²) >= 11 is 0. The number of benzene rings is 1. The molecule has 0 aliphatic carbocycles. The zero-order valence-corrected chi connectivity index (χ0v) is 15.2. The minimum absolute atomic E-state index is 0.148. The molecular weight excluding hydrogens is 330 g/mol. The summed E-state index contributed by atoms with van der Waals surface area (Å²) in [6, 6.07) is 10.1. The van der Waals surface area contributed by atoms with Gasteiger partial charge in [-0.15, -0.1) is 0 Å². The summed E-state index contributed by atoms with van der Waals surface area (Å²) in [5, 5.41) is 11.5. The third kappa shape index (κ3) is 3.29. The second-order valence-corrected chi connectivity index (χ2v) is 6.24. The van der Waals surface area contributed by atoms with Crippen LogP contribution in [0.25, 0.3) is 0 Å². The third-order valence-electron chi connectivity index (χ3n) is 4.66. The van der Waals surface area contributed by atoms with Crippen molar-refractivity contribution in [2.75, 3.05) is 25.2 Å². The molecule has 3 N–H and O–H groups in total. The molecule has 2 aliphatic rings. The van der Waals surface area contributed by atoms with Gasteiger partial charge in [-0.25, -0.2) is 5.06 Å². The Morgan fingerprint density at radius 2 is 2.12 bits per heavy atom. The monoisotopic (exact) mass is 353 g/mol. The Morgan fingerprint density at radius 1 is 1.38 bits per heavy atom. The van der Waals surface area contributed by atoms with Gasteiger partial charge in [-0.05, 0) is 38.0 Å². The number of aliphatic imine (C=N–C) groups is 1. The number of nitrogens with two attached hydrogens (primary N) is 1. The lowest BCUT2D eigenvalue weighted by Crippen LogP contribution is -2.39. The van der Waals surface area contributed by atoms with E-state index in [0.29, 0.717) is 11.3 Å². The van der Waals surface area contributed by atoms with Crippen LogP contribution < -0.4 is 16.3 Å². The number of rotatable bonds is 3. The molecule has 0 bridgehead atoms. The summed E-state index contributed by atoms with van der Waals surface area (Å²) in [5.41, 5.74) is 12.9. The fourth-order valence-electron chi connectivity index (χ4n) is 3.28. The number of anilines is 1. The molecule has 2 aliphatic heterocycles. The predicted molar refractivity (Wildman–Crippen MR) is 99.9 cm³/mol. The van der Waals surface area contributed by atoms with E-state index in [4.69, 9.17) is 15.4 Å². The number of nitrogens with zero attached hydrogens (tertiary/aromatic N) is 3. The van der Waals surface area contributed by atoms with E-state index in [-0.39, 0.29) is 11.8 Å². The van der Waals surface area contributed by atoms with Crippen molar-refractivity contribution < 1.29 is 9.68 Å². The molecule has 0 spiro atoms. The number of allylic oxidation sites excluding steroid dienone is 3. The van der Waals surface area contributed by atoms with Crippen LogP contribution in [0.15, 0.2) is 52.0 Å². The first-order valence-corrected chi connectivity index (χ1v) is 8.56. The van der Waals surface area contributed by atoms with E-state index in [9.17, 15) is 5.26 Å². The lowest BCUT2D eigenvalue weighted by atomic mass is 9.81. The van der Waals surface area contributed by atoms with Crippen LogP contribution in [-0.2, 0) is 9.68 Å². The highest BCUT2D eigenvalue weighted by molar-refractivity contribution is 6.01. The molecule has 1 saturated heterocycles. The Bertz CT molecular complexity index is 811. The van der Waals surface area contributed by atoms with Gasteiger partial charge >= 0.3 is 0 Å². The van der Waals surface area contributed by atoms with Gasteiger partial charge in [-0.2, -0.15) is 15.7 Å². The topological polar surface area (TPSA) is 95.9 Å². The van der Waals surface area contributed by atoms with E-state index in [1.807, 2.05) is 43.2 Å². The van der Waals surface area contributed by atoms with Gasteiger partial charge < -0.3 is 10.5 Å². The van der Waals surface area contributed by atoms with Crippen LogP contribution in [-0.4, -0.2) is 25.8 Å². The minimum Gasteiger partial charge on any atom is -0.445 e. The number of hydrogen-bond donors (Lipinski definition) is 2. The van der Waals surface area contributed by atoms with Gasteiger partial charge in [0.05, 0.1) is 11.6 Å². The predicted octanol–water partition coefficient (Wildman–Crippen LogP) is 2.51. The van der Waals surface area contributed by atoms with Crippen LogP contribution in [0, 0.1) is 11.3 Å². The zero-order valence-electron chi connectivity index (χ0n) is 15.2. The zero-order chi connectivity index (χ0) is 18.7. The van der Waals surface area contributed by atoms with E-state index in [1.165, 1.54) is 0 Å². The molecule has 0 saturated carbocycles. The van der Waals surface area contributed by atoms with Gasteiger partial charge in [0.25, 0.3) is 0 Å². The Hall–Kier alpha value is -2.82. The molecule has 0 aromatic heterocycles. The van der Waals surface area contributed by atoms with Crippen molar-refractivity contribution in [1.82, 2.24) is 5.48 Å². The molecule has 7 heteroatoms. The second kappa shape index (κ2) is 7.60. The van der Waals surface area contributed by atoms with Gasteiger partial charge in [0.15, 0.2) is 0 Å². The quantitative estimate of drug-likeness (QED) is 0.811. The second-order valence-electron chi connectivity index (χ2n) is 6.24. The van der Waals surface area contributed by atoms with E-state index in [1.54, 1.807) is 7.05 Å². The highest BCUT2D eigenvalue weighted by Crippen LogP contribution is 2.40. The summed E-state index contributed by atoms with van der Waals surface area (Å²) in [4.78, 5) is 9.75. The SMILES string of the molecule is CN=C(C)C1=C(C)OC(N)=C(C#N)C1c1ccc(N2CCCNO2)cc1. The summed E-state index contributed by atoms with van der Waals surface area (Å²) in [6.45, 7) is 5.42. The Balaban J connectivity index is 2.00. The Labute approximate surface area is 153 Å². The van der Waals surface area contributed by atoms with E-state index in [0.717, 1.165) is 42.0 Å². The summed E-state index contributed by atoms with van der Waals surface area (Å²) in [7, 11) is 1.73. The largest absolute Gasteiger partial charge is 0.445 e. The van der Waals surface area contributed by atoms with Gasteiger partial charge in [0, 0.05) is 31.4 Å². The minimum atomic E-state index is -0.299. The maximum Gasteiger partial charge on any atom is 0.205 e. The fraction of sp³-hybridized carbons (Fsp3) is 0.368. The van der Waals surface area contributed by atoms with Crippen molar-refractivity contribution >= 4 is 11.4 Å². The Morgan fingerprint density at radius 3 is 2.69 bits per heavy atom. The number of ether oxygens (including phenoxy) is 1. The molecule has 1 fully saturated rings. The Kier molecular flexibility index (Phi) is 5.26. The van der Waals surface area contributed by atoms with Crippen molar-refractivity contribution in [2.45, 2.75) is 26.2 Å². The first kappa shape index (κ1) is 18.0. The van der Waals surface area contributed by atoms with Gasteiger partial charge in [-0.1, -0.05) is 12.1 Å². The number of nitrogens with one attached hydrogen (secondary N) is 1. The normalized spacial score (nSPS) is 21.5. The molecule has 136 valence electrons. The molecule has 1 atom stereocenters. The number of nitriles is 1. The van der Waals surface area contributed by atoms with Crippen LogP contribution in [0.1, 0.15) is 31.7 Å². The molecule has 26 heavy (non-hydrogen) atoms. The average Bonchev–Trinajstić information content (AvgIpc) is 2.68. The van der Waals surface area contributed by atoms with Crippen LogP contribution in [0.2, 0.25) is 0 Å². The van der Waals surface area contributed by atoms with Crippen molar-refractivity contribution in [3.8, 4) is 6.07 Å². The summed E-state index contributed by atoms with van der Waals surface area (Å²) in [6.07, 6.45) is 1.01. The van der Waals surface area contributed by atoms with E-state index < -0.39 is 0 Å². The van der Waals surface area contributed by atoms with Gasteiger partial charge in [0.2, 0.25) is 5.88 Å². The highest BCUT2D eigenvalue weighted by atomic mass is 16.8. The fourth-order valence-corrected chi connectivity index (χ4v) is 3.28. The van der Waals surface area contributed by atoms with Crippen LogP contribution >= 0.6 is 0 Å². The molecule has 7 nitrogen and oxygen atoms in total. The van der Waals surface area contributed by atoms with Crippen LogP contribution in [0.3, 0.4) is 0 Å². The molecule has 1 aromatic rings. The standard InChI is InChI=1S/C19H23N5O2/c1-12(22-3)17-13(2)25-19(21)16(11-20)18(17)14-5-7-15(8-6-14)24-10-4-9-23-26-24/h5-8,18,23H,4,9-10,21H2,1-3H3. The van der Waals surface area contributed by atoms with Gasteiger partial charge in [-0.3, -0.25) is 4.99 Å². The van der Waals surface area contributed by atoms with Crippen molar-refractivity contribution in [2.24, 2.45) is 10.7 Å². The summed E-state index contributed by atoms with van der Waals surface area (Å²) in [5.74, 6) is 0.518. The molecule has 0 radical (unpaired) electrons. The van der Waals surface area contributed by atoms with Crippen molar-refractivity contribution in [3.05, 3.63) is 52.6 Å². The first-order valence-electron chi connectivity index (χ1n) is 8.56. The van der Waals surface area contributed by atoms with Crippen LogP contribution in [0.4, 0.5) is 5.69 Å². The maximum atomic E-state index is 9.64. The lowest BCUT2D eigenvalue weighted by Gasteiger charge is -2.30.